The molecule has 2 aliphatic heterocycles. The van der Waals surface area contributed by atoms with Gasteiger partial charge in [0, 0.05) is 21.8 Å². The van der Waals surface area contributed by atoms with Gasteiger partial charge in [-0.05, 0) is 71.9 Å². The van der Waals surface area contributed by atoms with Crippen molar-refractivity contribution in [1.29, 1.82) is 0 Å². The highest BCUT2D eigenvalue weighted by molar-refractivity contribution is 9.10. The monoisotopic (exact) mass is 596 g/mol. The lowest BCUT2D eigenvalue weighted by Gasteiger charge is -2.33. The van der Waals surface area contributed by atoms with Crippen LogP contribution >= 0.6 is 50.9 Å². The molecule has 0 amide bonds. The second kappa shape index (κ2) is 11.3. The van der Waals surface area contributed by atoms with E-state index in [1.54, 1.807) is 19.1 Å². The van der Waals surface area contributed by atoms with Gasteiger partial charge in [0.1, 0.15) is 6.61 Å². The number of ether oxygens (including phenoxy) is 3. The Labute approximate surface area is 227 Å². The molecule has 2 aromatic carbocycles. The van der Waals surface area contributed by atoms with Gasteiger partial charge in [-0.1, -0.05) is 41.0 Å². The van der Waals surface area contributed by atoms with Crippen LogP contribution in [0.5, 0.6) is 11.5 Å². The standard InChI is InChI=1S/C25H23BrCl2N2O4S/c1-4-32-20-11-16(10-18(26)23(20)34-13-15-6-7-17(27)12-19(15)28)22-21(24(31)33-5-2)14(3)29-25-30(22)8-9-35-25/h6-12,22H,4-5,13H2,1-3H3/t22-/m0/s1. The molecule has 0 N–H and O–H groups in total. The van der Waals surface area contributed by atoms with E-state index in [1.807, 2.05) is 48.6 Å². The molecule has 0 unspecified atom stereocenters. The smallest absolute Gasteiger partial charge is 0.338 e. The lowest BCUT2D eigenvalue weighted by Crippen LogP contribution is -2.34. The summed E-state index contributed by atoms with van der Waals surface area (Å²) in [6.45, 7) is 6.46. The highest BCUT2D eigenvalue weighted by Crippen LogP contribution is 2.46. The first-order valence-electron chi connectivity index (χ1n) is 10.9. The molecule has 2 aliphatic rings. The van der Waals surface area contributed by atoms with Crippen LogP contribution in [0.15, 0.2) is 62.7 Å². The summed E-state index contributed by atoms with van der Waals surface area (Å²) in [6.07, 6.45) is 1.92. The van der Waals surface area contributed by atoms with E-state index in [-0.39, 0.29) is 13.2 Å². The van der Waals surface area contributed by atoms with Crippen molar-refractivity contribution >= 4 is 62.0 Å². The van der Waals surface area contributed by atoms with Gasteiger partial charge in [-0.3, -0.25) is 0 Å². The van der Waals surface area contributed by atoms with Gasteiger partial charge < -0.3 is 19.1 Å². The fourth-order valence-corrected chi connectivity index (χ4v) is 5.66. The molecule has 2 aromatic rings. The molecule has 1 atom stereocenters. The Morgan fingerprint density at radius 1 is 1.17 bits per heavy atom. The average molecular weight is 598 g/mol. The third-order valence-electron chi connectivity index (χ3n) is 5.35. The van der Waals surface area contributed by atoms with Crippen LogP contribution < -0.4 is 9.47 Å². The van der Waals surface area contributed by atoms with Crippen LogP contribution in [0.4, 0.5) is 0 Å². The van der Waals surface area contributed by atoms with Gasteiger partial charge in [0.15, 0.2) is 16.7 Å². The van der Waals surface area contributed by atoms with Crippen LogP contribution in [-0.4, -0.2) is 29.3 Å². The lowest BCUT2D eigenvalue weighted by atomic mass is 9.94. The molecule has 0 radical (unpaired) electrons. The molecule has 0 aromatic heterocycles. The van der Waals surface area contributed by atoms with E-state index in [9.17, 15) is 4.79 Å². The topological polar surface area (TPSA) is 60.4 Å². The summed E-state index contributed by atoms with van der Waals surface area (Å²) in [5.74, 6) is 0.689. The van der Waals surface area contributed by atoms with Crippen molar-refractivity contribution in [3.05, 3.63) is 78.9 Å². The molecule has 0 saturated heterocycles. The molecule has 0 saturated carbocycles. The first-order chi connectivity index (χ1) is 16.8. The van der Waals surface area contributed by atoms with E-state index in [0.717, 1.165) is 16.3 Å². The maximum absolute atomic E-state index is 13.0. The van der Waals surface area contributed by atoms with E-state index >= 15 is 0 Å². The predicted octanol–water partition coefficient (Wildman–Crippen LogP) is 7.50. The van der Waals surface area contributed by atoms with Crippen molar-refractivity contribution in [2.45, 2.75) is 33.4 Å². The van der Waals surface area contributed by atoms with Crippen molar-refractivity contribution < 1.29 is 19.0 Å². The summed E-state index contributed by atoms with van der Waals surface area (Å²) in [7, 11) is 0. The Hall–Kier alpha value is -2.13. The van der Waals surface area contributed by atoms with Crippen LogP contribution in [0.1, 0.15) is 37.9 Å². The van der Waals surface area contributed by atoms with Crippen molar-refractivity contribution in [3.63, 3.8) is 0 Å². The van der Waals surface area contributed by atoms with Crippen LogP contribution in [0.3, 0.4) is 0 Å². The van der Waals surface area contributed by atoms with Crippen LogP contribution in [0.25, 0.3) is 0 Å². The van der Waals surface area contributed by atoms with Gasteiger partial charge in [-0.15, -0.1) is 0 Å². The fourth-order valence-electron chi connectivity index (χ4n) is 3.84. The Kier molecular flexibility index (Phi) is 8.37. The summed E-state index contributed by atoms with van der Waals surface area (Å²) in [5, 5.41) is 3.83. The molecular formula is C25H23BrCl2N2O4S. The minimum Gasteiger partial charge on any atom is -0.490 e. The predicted molar refractivity (Wildman–Crippen MR) is 144 cm³/mol. The third kappa shape index (κ3) is 5.50. The highest BCUT2D eigenvalue weighted by Gasteiger charge is 2.38. The second-order valence-corrected chi connectivity index (χ2v) is 10.2. The van der Waals surface area contributed by atoms with E-state index in [0.29, 0.717) is 43.9 Å². The van der Waals surface area contributed by atoms with E-state index < -0.39 is 12.0 Å². The number of rotatable bonds is 8. The van der Waals surface area contributed by atoms with Gasteiger partial charge in [-0.2, -0.15) is 0 Å². The number of hydrogen-bond acceptors (Lipinski definition) is 7. The number of benzene rings is 2. The summed E-state index contributed by atoms with van der Waals surface area (Å²) >= 11 is 17.5. The summed E-state index contributed by atoms with van der Waals surface area (Å²) in [5.41, 5.74) is 2.74. The number of amidine groups is 1. The molecule has 2 heterocycles. The van der Waals surface area contributed by atoms with Gasteiger partial charge >= 0.3 is 5.97 Å². The number of thioether (sulfide) groups is 1. The number of hydrogen-bond donors (Lipinski definition) is 0. The average Bonchev–Trinajstić information content (AvgIpc) is 3.27. The van der Waals surface area contributed by atoms with Crippen LogP contribution in [-0.2, 0) is 16.1 Å². The number of allylic oxidation sites excluding steroid dienone is 1. The van der Waals surface area contributed by atoms with Crippen LogP contribution in [0, 0.1) is 0 Å². The van der Waals surface area contributed by atoms with Gasteiger partial charge in [0.25, 0.3) is 0 Å². The number of carbonyl (C=O) groups excluding carboxylic acids is 1. The number of halogens is 3. The first kappa shape index (κ1) is 25.9. The molecule has 184 valence electrons. The zero-order valence-corrected chi connectivity index (χ0v) is 23.2. The first-order valence-corrected chi connectivity index (χ1v) is 13.4. The third-order valence-corrected chi connectivity index (χ3v) is 7.30. The number of esters is 1. The summed E-state index contributed by atoms with van der Waals surface area (Å²) in [6, 6.07) is 8.67. The Bertz CT molecular complexity index is 1250. The summed E-state index contributed by atoms with van der Waals surface area (Å²) in [4.78, 5) is 19.5. The minimum absolute atomic E-state index is 0.229. The molecule has 10 heteroatoms. The maximum Gasteiger partial charge on any atom is 0.338 e. The summed E-state index contributed by atoms with van der Waals surface area (Å²) < 4.78 is 18.1. The molecule has 0 bridgehead atoms. The second-order valence-electron chi connectivity index (χ2n) is 7.61. The van der Waals surface area contributed by atoms with Crippen molar-refractivity contribution in [1.82, 2.24) is 4.90 Å². The zero-order valence-electron chi connectivity index (χ0n) is 19.3. The SMILES string of the molecule is CCOC(=O)C1=C(C)N=C2SC=CN2[C@H]1c1cc(Br)c(OCc2ccc(Cl)cc2Cl)c(OCC)c1. The lowest BCUT2D eigenvalue weighted by molar-refractivity contribution is -0.139. The largest absolute Gasteiger partial charge is 0.490 e. The van der Waals surface area contributed by atoms with E-state index in [4.69, 9.17) is 37.4 Å². The number of nitrogens with zero attached hydrogens (tertiary/aromatic N) is 2. The van der Waals surface area contributed by atoms with E-state index in [2.05, 4.69) is 20.9 Å². The Morgan fingerprint density at radius 3 is 2.69 bits per heavy atom. The highest BCUT2D eigenvalue weighted by atomic mass is 79.9. The normalized spacial score (nSPS) is 16.8. The molecule has 35 heavy (non-hydrogen) atoms. The number of aliphatic imine (C=N–C) groups is 1. The molecule has 0 fully saturated rings. The fraction of sp³-hybridized carbons (Fsp3) is 0.280. The molecule has 4 rings (SSSR count). The number of fused-ring (bicyclic) bond motifs is 1. The molecule has 6 nitrogen and oxygen atoms in total. The van der Waals surface area contributed by atoms with Crippen molar-refractivity contribution in [2.24, 2.45) is 4.99 Å². The quantitative estimate of drug-likeness (QED) is 0.294. The van der Waals surface area contributed by atoms with Gasteiger partial charge in [0.05, 0.1) is 35.0 Å². The van der Waals surface area contributed by atoms with Gasteiger partial charge in [0.2, 0.25) is 0 Å². The maximum atomic E-state index is 13.0. The van der Waals surface area contributed by atoms with Crippen LogP contribution in [0.2, 0.25) is 10.0 Å². The molecule has 0 spiro atoms. The zero-order chi connectivity index (χ0) is 25.1. The Morgan fingerprint density at radius 2 is 1.97 bits per heavy atom. The molecule has 0 aliphatic carbocycles. The van der Waals surface area contributed by atoms with Crippen molar-refractivity contribution in [2.75, 3.05) is 13.2 Å². The van der Waals surface area contributed by atoms with Gasteiger partial charge in [-0.25, -0.2) is 9.79 Å². The number of carbonyl (C=O) groups is 1. The Balaban J connectivity index is 1.73. The van der Waals surface area contributed by atoms with E-state index in [1.165, 1.54) is 11.8 Å². The van der Waals surface area contributed by atoms with Crippen molar-refractivity contribution in [3.8, 4) is 11.5 Å². The molecular weight excluding hydrogens is 575 g/mol. The minimum atomic E-state index is -0.428.